The summed E-state index contributed by atoms with van der Waals surface area (Å²) in [6, 6.07) is 12.2. The molecule has 0 aromatic heterocycles. The van der Waals surface area contributed by atoms with Gasteiger partial charge in [0.05, 0.1) is 30.1 Å². The third kappa shape index (κ3) is 7.37. The second-order valence-corrected chi connectivity index (χ2v) is 7.76. The molecule has 3 rings (SSSR count). The molecule has 1 aliphatic rings. The molecule has 0 radical (unpaired) electrons. The maximum atomic E-state index is 12.2. The first kappa shape index (κ1) is 23.8. The van der Waals surface area contributed by atoms with Crippen LogP contribution in [0.3, 0.4) is 0 Å². The highest BCUT2D eigenvalue weighted by Gasteiger charge is 2.15. The van der Waals surface area contributed by atoms with Gasteiger partial charge in [0.2, 0.25) is 0 Å². The van der Waals surface area contributed by atoms with E-state index in [0.29, 0.717) is 33.9 Å². The van der Waals surface area contributed by atoms with Gasteiger partial charge in [-0.15, -0.1) is 0 Å². The Bertz CT molecular complexity index is 967. The summed E-state index contributed by atoms with van der Waals surface area (Å²) >= 11 is 11.3. The van der Waals surface area contributed by atoms with Gasteiger partial charge in [-0.1, -0.05) is 23.7 Å². The van der Waals surface area contributed by atoms with Crippen LogP contribution in [-0.4, -0.2) is 50.2 Å². The lowest BCUT2D eigenvalue weighted by molar-refractivity contribution is -0.118. The first-order valence-corrected chi connectivity index (χ1v) is 10.9. The summed E-state index contributed by atoms with van der Waals surface area (Å²) in [4.78, 5) is 12.2. The molecule has 170 valence electrons. The van der Waals surface area contributed by atoms with Crippen LogP contribution in [0.4, 0.5) is 5.69 Å². The maximum absolute atomic E-state index is 12.2. The van der Waals surface area contributed by atoms with Crippen molar-refractivity contribution in [1.29, 1.82) is 0 Å². The Hall–Kier alpha value is -2.88. The summed E-state index contributed by atoms with van der Waals surface area (Å²) in [5.41, 5.74) is 4.07. The zero-order valence-electron chi connectivity index (χ0n) is 17.6. The normalized spacial score (nSPS) is 15.4. The molecule has 1 atom stereocenters. The molecule has 1 unspecified atom stereocenters. The number of rotatable bonds is 9. The molecule has 1 amide bonds. The Morgan fingerprint density at radius 3 is 2.91 bits per heavy atom. The van der Waals surface area contributed by atoms with Gasteiger partial charge in [-0.2, -0.15) is 5.10 Å². The van der Waals surface area contributed by atoms with Crippen molar-refractivity contribution in [2.75, 3.05) is 32.2 Å². The number of nitrogens with one attached hydrogen (secondary N) is 3. The molecule has 10 heteroatoms. The van der Waals surface area contributed by atoms with Crippen LogP contribution in [-0.2, 0) is 9.53 Å². The molecule has 1 aliphatic heterocycles. The molecule has 2 aromatic carbocycles. The van der Waals surface area contributed by atoms with Crippen LogP contribution in [0.15, 0.2) is 47.6 Å². The third-order valence-corrected chi connectivity index (χ3v) is 5.15. The van der Waals surface area contributed by atoms with Gasteiger partial charge in [-0.3, -0.25) is 10.2 Å². The van der Waals surface area contributed by atoms with Crippen molar-refractivity contribution in [3.63, 3.8) is 0 Å². The first-order chi connectivity index (χ1) is 15.5. The molecule has 0 bridgehead atoms. The summed E-state index contributed by atoms with van der Waals surface area (Å²) in [5, 5.41) is 10.8. The van der Waals surface area contributed by atoms with Crippen LogP contribution in [0, 0.1) is 0 Å². The van der Waals surface area contributed by atoms with Gasteiger partial charge >= 0.3 is 0 Å². The summed E-state index contributed by atoms with van der Waals surface area (Å²) < 4.78 is 16.5. The average molecular weight is 477 g/mol. The molecule has 8 nitrogen and oxygen atoms in total. The number of anilines is 1. The predicted octanol–water partition coefficient (Wildman–Crippen LogP) is 3.34. The summed E-state index contributed by atoms with van der Waals surface area (Å²) in [6.07, 6.45) is 3.92. The average Bonchev–Trinajstić information content (AvgIpc) is 3.32. The SMILES string of the molecule is COc1cc(/C=N/NC(=S)NCC2CCCO2)ccc1OCC(=O)Nc1ccccc1Cl. The minimum atomic E-state index is -0.334. The van der Waals surface area contributed by atoms with Crippen molar-refractivity contribution >= 4 is 46.7 Å². The highest BCUT2D eigenvalue weighted by Crippen LogP contribution is 2.27. The smallest absolute Gasteiger partial charge is 0.262 e. The van der Waals surface area contributed by atoms with Crippen LogP contribution in [0.2, 0.25) is 5.02 Å². The minimum Gasteiger partial charge on any atom is -0.493 e. The zero-order valence-corrected chi connectivity index (χ0v) is 19.2. The van der Waals surface area contributed by atoms with E-state index in [1.165, 1.54) is 7.11 Å². The maximum Gasteiger partial charge on any atom is 0.262 e. The summed E-state index contributed by atoms with van der Waals surface area (Å²) in [5.74, 6) is 0.568. The molecular formula is C22H25ClN4O4S. The number of nitrogens with zero attached hydrogens (tertiary/aromatic N) is 1. The first-order valence-electron chi connectivity index (χ1n) is 10.1. The van der Waals surface area contributed by atoms with Gasteiger partial charge in [-0.05, 0) is 61.0 Å². The van der Waals surface area contributed by atoms with Crippen molar-refractivity contribution in [3.05, 3.63) is 53.1 Å². The molecule has 0 aliphatic carbocycles. The second kappa shape index (κ2) is 12.2. The largest absolute Gasteiger partial charge is 0.493 e. The topological polar surface area (TPSA) is 93.2 Å². The number of hydrogen-bond donors (Lipinski definition) is 3. The van der Waals surface area contributed by atoms with Crippen molar-refractivity contribution in [3.8, 4) is 11.5 Å². The van der Waals surface area contributed by atoms with E-state index in [0.717, 1.165) is 25.0 Å². The van der Waals surface area contributed by atoms with E-state index in [2.05, 4.69) is 21.2 Å². The number of methoxy groups -OCH3 is 1. The van der Waals surface area contributed by atoms with E-state index < -0.39 is 0 Å². The van der Waals surface area contributed by atoms with Crippen molar-refractivity contribution < 1.29 is 19.0 Å². The van der Waals surface area contributed by atoms with Gasteiger partial charge in [0.1, 0.15) is 0 Å². The Morgan fingerprint density at radius 2 is 2.16 bits per heavy atom. The Labute approximate surface area is 197 Å². The molecule has 1 fully saturated rings. The highest BCUT2D eigenvalue weighted by atomic mass is 35.5. The van der Waals surface area contributed by atoms with Crippen LogP contribution >= 0.6 is 23.8 Å². The fraction of sp³-hybridized carbons (Fsp3) is 0.318. The van der Waals surface area contributed by atoms with Crippen LogP contribution in [0.5, 0.6) is 11.5 Å². The fourth-order valence-corrected chi connectivity index (χ4v) is 3.31. The quantitative estimate of drug-likeness (QED) is 0.290. The summed E-state index contributed by atoms with van der Waals surface area (Å²) in [6.45, 7) is 1.27. The van der Waals surface area contributed by atoms with Gasteiger partial charge in [0, 0.05) is 13.2 Å². The van der Waals surface area contributed by atoms with Gasteiger partial charge < -0.3 is 24.8 Å². The lowest BCUT2D eigenvalue weighted by atomic mass is 10.2. The van der Waals surface area contributed by atoms with Crippen molar-refractivity contribution in [1.82, 2.24) is 10.7 Å². The third-order valence-electron chi connectivity index (χ3n) is 4.59. The molecule has 1 saturated heterocycles. The minimum absolute atomic E-state index is 0.193. The lowest BCUT2D eigenvalue weighted by Crippen LogP contribution is -2.37. The monoisotopic (exact) mass is 476 g/mol. The van der Waals surface area contributed by atoms with Crippen molar-refractivity contribution in [2.24, 2.45) is 5.10 Å². The molecule has 1 heterocycles. The van der Waals surface area contributed by atoms with Crippen molar-refractivity contribution in [2.45, 2.75) is 18.9 Å². The molecular weight excluding hydrogens is 452 g/mol. The molecule has 0 saturated carbocycles. The molecule has 2 aromatic rings. The zero-order chi connectivity index (χ0) is 22.8. The van der Waals surface area contributed by atoms with E-state index in [9.17, 15) is 4.79 Å². The number of halogens is 1. The van der Waals surface area contributed by atoms with E-state index in [4.69, 9.17) is 38.0 Å². The number of para-hydroxylation sites is 1. The number of ether oxygens (including phenoxy) is 3. The molecule has 3 N–H and O–H groups in total. The van der Waals surface area contributed by atoms with E-state index in [-0.39, 0.29) is 18.6 Å². The lowest BCUT2D eigenvalue weighted by Gasteiger charge is -2.12. The standard InChI is InChI=1S/C22H25ClN4O4S/c1-29-20-11-15(12-25-27-22(32)24-13-16-5-4-10-30-16)8-9-19(20)31-14-21(28)26-18-7-3-2-6-17(18)23/h2-3,6-9,11-12,16H,4-5,10,13-14H2,1H3,(H,26,28)(H2,24,27,32)/b25-12+. The fourth-order valence-electron chi connectivity index (χ4n) is 2.99. The van der Waals surface area contributed by atoms with Crippen LogP contribution < -0.4 is 25.5 Å². The number of hydrogen-bond acceptors (Lipinski definition) is 6. The Balaban J connectivity index is 1.48. The predicted molar refractivity (Wildman–Crippen MR) is 129 cm³/mol. The number of carbonyl (C=O) groups excluding carboxylic acids is 1. The number of amides is 1. The molecule has 32 heavy (non-hydrogen) atoms. The summed E-state index contributed by atoms with van der Waals surface area (Å²) in [7, 11) is 1.52. The number of benzene rings is 2. The van der Waals surface area contributed by atoms with Crippen LogP contribution in [0.1, 0.15) is 18.4 Å². The number of carbonyl (C=O) groups is 1. The van der Waals surface area contributed by atoms with Gasteiger partial charge in [0.25, 0.3) is 5.91 Å². The van der Waals surface area contributed by atoms with Gasteiger partial charge in [0.15, 0.2) is 23.2 Å². The Morgan fingerprint density at radius 1 is 1.31 bits per heavy atom. The van der Waals surface area contributed by atoms with E-state index >= 15 is 0 Å². The van der Waals surface area contributed by atoms with Crippen LogP contribution in [0.25, 0.3) is 0 Å². The van der Waals surface area contributed by atoms with E-state index in [1.54, 1.807) is 48.7 Å². The number of hydrazone groups is 1. The second-order valence-electron chi connectivity index (χ2n) is 6.94. The highest BCUT2D eigenvalue weighted by molar-refractivity contribution is 7.80. The van der Waals surface area contributed by atoms with Gasteiger partial charge in [-0.25, -0.2) is 0 Å². The number of thiocarbonyl (C=S) groups is 1. The molecule has 0 spiro atoms. The van der Waals surface area contributed by atoms with E-state index in [1.807, 2.05) is 0 Å². The Kier molecular flexibility index (Phi) is 9.09.